The first-order chi connectivity index (χ1) is 10.5. The fourth-order valence-electron chi connectivity index (χ4n) is 3.04. The highest BCUT2D eigenvalue weighted by molar-refractivity contribution is 5.78. The number of hydrogen-bond donors (Lipinski definition) is 1. The molecule has 122 valence electrons. The summed E-state index contributed by atoms with van der Waals surface area (Å²) in [7, 11) is 0. The van der Waals surface area contributed by atoms with Crippen LogP contribution in [0.15, 0.2) is 30.3 Å². The van der Waals surface area contributed by atoms with E-state index in [9.17, 15) is 4.79 Å². The lowest BCUT2D eigenvalue weighted by molar-refractivity contribution is -0.126. The molecular weight excluding hydrogens is 276 g/mol. The van der Waals surface area contributed by atoms with Crippen LogP contribution in [0, 0.1) is 0 Å². The van der Waals surface area contributed by atoms with Gasteiger partial charge in [-0.1, -0.05) is 30.3 Å². The second-order valence-electron chi connectivity index (χ2n) is 6.44. The average molecular weight is 304 g/mol. The van der Waals surface area contributed by atoms with E-state index in [1.807, 2.05) is 6.07 Å². The van der Waals surface area contributed by atoms with Gasteiger partial charge >= 0.3 is 0 Å². The van der Waals surface area contributed by atoms with Gasteiger partial charge in [-0.25, -0.2) is 0 Å². The molecule has 0 bridgehead atoms. The number of benzene rings is 1. The molecule has 1 aliphatic heterocycles. The number of amides is 1. The molecule has 1 aromatic rings. The Bertz CT molecular complexity index is 453. The molecule has 3 atom stereocenters. The van der Waals surface area contributed by atoms with Crippen LogP contribution < -0.4 is 5.32 Å². The van der Waals surface area contributed by atoms with Crippen molar-refractivity contribution in [2.75, 3.05) is 19.6 Å². The molecule has 1 aliphatic rings. The SMILES string of the molecule is C[C@@H]1CN(CC(=O)N[C@@H](C)CCc2ccccc2)C[C@H](C)O1. The van der Waals surface area contributed by atoms with Gasteiger partial charge < -0.3 is 10.1 Å². The first-order valence-electron chi connectivity index (χ1n) is 8.24. The third-order valence-electron chi connectivity index (χ3n) is 3.98. The van der Waals surface area contributed by atoms with Crippen LogP contribution in [0.4, 0.5) is 0 Å². The quantitative estimate of drug-likeness (QED) is 0.876. The van der Waals surface area contributed by atoms with Gasteiger partial charge in [-0.05, 0) is 39.2 Å². The Kier molecular flexibility index (Phi) is 6.40. The van der Waals surface area contributed by atoms with Crippen molar-refractivity contribution in [1.29, 1.82) is 0 Å². The molecule has 1 amide bonds. The first kappa shape index (κ1) is 17.0. The van der Waals surface area contributed by atoms with Gasteiger partial charge in [0.25, 0.3) is 0 Å². The Labute approximate surface area is 133 Å². The van der Waals surface area contributed by atoms with Crippen LogP contribution in [0.5, 0.6) is 0 Å². The van der Waals surface area contributed by atoms with Crippen LogP contribution in [0.25, 0.3) is 0 Å². The fraction of sp³-hybridized carbons (Fsp3) is 0.611. The molecule has 0 saturated carbocycles. The van der Waals surface area contributed by atoms with E-state index in [0.29, 0.717) is 6.54 Å². The molecule has 1 heterocycles. The number of ether oxygens (including phenoxy) is 1. The summed E-state index contributed by atoms with van der Waals surface area (Å²) >= 11 is 0. The Balaban J connectivity index is 1.69. The number of morpholine rings is 1. The molecule has 4 heteroatoms. The molecule has 0 radical (unpaired) electrons. The van der Waals surface area contributed by atoms with Gasteiger partial charge in [0, 0.05) is 19.1 Å². The zero-order valence-corrected chi connectivity index (χ0v) is 13.9. The van der Waals surface area contributed by atoms with Gasteiger partial charge in [-0.2, -0.15) is 0 Å². The number of aryl methyl sites for hydroxylation is 1. The topological polar surface area (TPSA) is 41.6 Å². The van der Waals surface area contributed by atoms with Crippen molar-refractivity contribution >= 4 is 5.91 Å². The van der Waals surface area contributed by atoms with Crippen molar-refractivity contribution in [2.45, 2.75) is 51.9 Å². The Hall–Kier alpha value is -1.39. The predicted octanol–water partition coefficient (Wildman–Crippen LogP) is 2.23. The molecule has 1 fully saturated rings. The van der Waals surface area contributed by atoms with Gasteiger partial charge in [0.1, 0.15) is 0 Å². The summed E-state index contributed by atoms with van der Waals surface area (Å²) in [4.78, 5) is 14.3. The number of hydrogen-bond acceptors (Lipinski definition) is 3. The van der Waals surface area contributed by atoms with E-state index in [2.05, 4.69) is 55.3 Å². The first-order valence-corrected chi connectivity index (χ1v) is 8.24. The standard InChI is InChI=1S/C18H28N2O2/c1-14(9-10-17-7-5-4-6-8-17)19-18(21)13-20-11-15(2)22-16(3)12-20/h4-8,14-16H,9-13H2,1-3H3,(H,19,21)/t14-,15-,16+/m0/s1. The highest BCUT2D eigenvalue weighted by atomic mass is 16.5. The van der Waals surface area contributed by atoms with Gasteiger partial charge in [-0.15, -0.1) is 0 Å². The number of nitrogens with zero attached hydrogens (tertiary/aromatic N) is 1. The number of nitrogens with one attached hydrogen (secondary N) is 1. The van der Waals surface area contributed by atoms with Crippen LogP contribution in [0.2, 0.25) is 0 Å². The summed E-state index contributed by atoms with van der Waals surface area (Å²) in [5.41, 5.74) is 1.32. The van der Waals surface area contributed by atoms with Crippen LogP contribution in [-0.2, 0) is 16.0 Å². The molecule has 1 saturated heterocycles. The number of rotatable bonds is 6. The van der Waals surface area contributed by atoms with E-state index in [1.165, 1.54) is 5.56 Å². The normalized spacial score (nSPS) is 24.0. The molecule has 2 rings (SSSR count). The largest absolute Gasteiger partial charge is 0.373 e. The fourth-order valence-corrected chi connectivity index (χ4v) is 3.04. The van der Waals surface area contributed by atoms with E-state index in [4.69, 9.17) is 4.74 Å². The van der Waals surface area contributed by atoms with Gasteiger partial charge in [0.2, 0.25) is 5.91 Å². The van der Waals surface area contributed by atoms with Gasteiger partial charge in [0.15, 0.2) is 0 Å². The second-order valence-corrected chi connectivity index (χ2v) is 6.44. The summed E-state index contributed by atoms with van der Waals surface area (Å²) in [6.07, 6.45) is 2.36. The Morgan fingerprint density at radius 2 is 1.91 bits per heavy atom. The van der Waals surface area contributed by atoms with E-state index >= 15 is 0 Å². The van der Waals surface area contributed by atoms with Crippen molar-refractivity contribution in [2.24, 2.45) is 0 Å². The zero-order valence-electron chi connectivity index (χ0n) is 13.9. The van der Waals surface area contributed by atoms with Crippen molar-refractivity contribution in [3.8, 4) is 0 Å². The molecule has 4 nitrogen and oxygen atoms in total. The second kappa shape index (κ2) is 8.30. The predicted molar refractivity (Wildman–Crippen MR) is 88.8 cm³/mol. The summed E-state index contributed by atoms with van der Waals surface area (Å²) in [6.45, 7) is 8.32. The molecule has 0 aromatic heterocycles. The molecule has 0 spiro atoms. The summed E-state index contributed by atoms with van der Waals surface area (Å²) in [5.74, 6) is 0.113. The average Bonchev–Trinajstić information content (AvgIpc) is 2.45. The van der Waals surface area contributed by atoms with E-state index in [1.54, 1.807) is 0 Å². The summed E-state index contributed by atoms with van der Waals surface area (Å²) in [6, 6.07) is 10.6. The van der Waals surface area contributed by atoms with E-state index in [-0.39, 0.29) is 24.2 Å². The smallest absolute Gasteiger partial charge is 0.234 e. The minimum Gasteiger partial charge on any atom is -0.373 e. The number of carbonyl (C=O) groups is 1. The minimum atomic E-state index is 0.113. The third kappa shape index (κ3) is 5.78. The van der Waals surface area contributed by atoms with Crippen LogP contribution >= 0.6 is 0 Å². The summed E-state index contributed by atoms with van der Waals surface area (Å²) < 4.78 is 5.69. The number of carbonyl (C=O) groups excluding carboxylic acids is 1. The third-order valence-corrected chi connectivity index (χ3v) is 3.98. The zero-order chi connectivity index (χ0) is 15.9. The molecule has 22 heavy (non-hydrogen) atoms. The van der Waals surface area contributed by atoms with E-state index < -0.39 is 0 Å². The molecule has 0 aliphatic carbocycles. The van der Waals surface area contributed by atoms with Gasteiger partial charge in [0.05, 0.1) is 18.8 Å². The Morgan fingerprint density at radius 3 is 2.55 bits per heavy atom. The van der Waals surface area contributed by atoms with E-state index in [0.717, 1.165) is 25.9 Å². The van der Waals surface area contributed by atoms with Crippen molar-refractivity contribution < 1.29 is 9.53 Å². The van der Waals surface area contributed by atoms with Crippen LogP contribution in [0.1, 0.15) is 32.8 Å². The summed E-state index contributed by atoms with van der Waals surface area (Å²) in [5, 5.41) is 3.11. The van der Waals surface area contributed by atoms with Crippen LogP contribution in [0.3, 0.4) is 0 Å². The highest BCUT2D eigenvalue weighted by Crippen LogP contribution is 2.10. The van der Waals surface area contributed by atoms with Gasteiger partial charge in [-0.3, -0.25) is 9.69 Å². The van der Waals surface area contributed by atoms with Crippen molar-refractivity contribution in [3.05, 3.63) is 35.9 Å². The highest BCUT2D eigenvalue weighted by Gasteiger charge is 2.23. The lowest BCUT2D eigenvalue weighted by Crippen LogP contribution is -2.50. The lowest BCUT2D eigenvalue weighted by Gasteiger charge is -2.35. The maximum absolute atomic E-state index is 12.2. The molecule has 1 aromatic carbocycles. The monoisotopic (exact) mass is 304 g/mol. The Morgan fingerprint density at radius 1 is 1.27 bits per heavy atom. The molecule has 1 N–H and O–H groups in total. The van der Waals surface area contributed by atoms with Crippen LogP contribution in [-0.4, -0.2) is 48.7 Å². The maximum Gasteiger partial charge on any atom is 0.234 e. The van der Waals surface area contributed by atoms with Crippen molar-refractivity contribution in [1.82, 2.24) is 10.2 Å². The maximum atomic E-state index is 12.2. The minimum absolute atomic E-state index is 0.113. The van der Waals surface area contributed by atoms with Crippen molar-refractivity contribution in [3.63, 3.8) is 0 Å². The lowest BCUT2D eigenvalue weighted by atomic mass is 10.1. The molecule has 0 unspecified atom stereocenters. The molecular formula is C18H28N2O2.